The van der Waals surface area contributed by atoms with Crippen LogP contribution in [0.15, 0.2) is 6.20 Å². The average Bonchev–Trinajstić information content (AvgIpc) is 2.97. The van der Waals surface area contributed by atoms with E-state index >= 15 is 0 Å². The van der Waals surface area contributed by atoms with Crippen LogP contribution in [-0.2, 0) is 27.4 Å². The molecule has 2 heterocycles. The van der Waals surface area contributed by atoms with Gasteiger partial charge >= 0.3 is 5.97 Å². The van der Waals surface area contributed by atoms with Gasteiger partial charge in [0.2, 0.25) is 0 Å². The Morgan fingerprint density at radius 3 is 3.24 bits per heavy atom. The van der Waals surface area contributed by atoms with Crippen molar-refractivity contribution in [3.63, 3.8) is 0 Å². The predicted molar refractivity (Wildman–Crippen MR) is 57.8 cm³/mol. The maximum atomic E-state index is 11.5. The molecule has 2 rings (SSSR count). The molecule has 0 bridgehead atoms. The quantitative estimate of drug-likeness (QED) is 0.695. The molecule has 0 radical (unpaired) electrons. The molecule has 1 aromatic rings. The lowest BCUT2D eigenvalue weighted by molar-refractivity contribution is -0.147. The van der Waals surface area contributed by atoms with Gasteiger partial charge in [-0.25, -0.2) is 4.68 Å². The molecule has 1 saturated heterocycles. The number of hydrogen-bond acceptors (Lipinski definition) is 6. The lowest BCUT2D eigenvalue weighted by Gasteiger charge is -2.09. The van der Waals surface area contributed by atoms with Gasteiger partial charge in [0.1, 0.15) is 13.2 Å². The fourth-order valence-corrected chi connectivity index (χ4v) is 1.65. The van der Waals surface area contributed by atoms with E-state index in [1.807, 2.05) is 0 Å². The van der Waals surface area contributed by atoms with E-state index in [0.717, 1.165) is 19.4 Å². The highest BCUT2D eigenvalue weighted by Gasteiger charge is 2.17. The molecule has 94 valence electrons. The molecular weight excluding hydrogens is 224 g/mol. The molecule has 1 fully saturated rings. The minimum absolute atomic E-state index is 0.0503. The van der Waals surface area contributed by atoms with Crippen LogP contribution in [0.1, 0.15) is 18.5 Å². The Bertz CT molecular complexity index is 373. The lowest BCUT2D eigenvalue weighted by atomic mass is 10.2. The molecule has 0 spiro atoms. The highest BCUT2D eigenvalue weighted by atomic mass is 16.6. The molecule has 1 aliphatic heterocycles. The molecule has 7 nitrogen and oxygen atoms in total. The van der Waals surface area contributed by atoms with Gasteiger partial charge in [0.15, 0.2) is 0 Å². The zero-order valence-corrected chi connectivity index (χ0v) is 9.54. The third-order valence-electron chi connectivity index (χ3n) is 2.54. The Hall–Kier alpha value is -1.47. The molecule has 0 amide bonds. The third-order valence-corrected chi connectivity index (χ3v) is 2.54. The van der Waals surface area contributed by atoms with Gasteiger partial charge < -0.3 is 15.2 Å². The number of ether oxygens (including phenoxy) is 2. The van der Waals surface area contributed by atoms with Crippen molar-refractivity contribution < 1.29 is 14.3 Å². The van der Waals surface area contributed by atoms with Crippen molar-refractivity contribution in [2.75, 3.05) is 13.2 Å². The van der Waals surface area contributed by atoms with Crippen molar-refractivity contribution in [3.8, 4) is 0 Å². The second-order valence-electron chi connectivity index (χ2n) is 3.93. The van der Waals surface area contributed by atoms with E-state index in [0.29, 0.717) is 18.8 Å². The summed E-state index contributed by atoms with van der Waals surface area (Å²) >= 11 is 0. The smallest absolute Gasteiger partial charge is 0.327 e. The average molecular weight is 240 g/mol. The first-order chi connectivity index (χ1) is 8.28. The summed E-state index contributed by atoms with van der Waals surface area (Å²) in [5.74, 6) is -0.339. The van der Waals surface area contributed by atoms with Crippen LogP contribution in [0.4, 0.5) is 0 Å². The highest BCUT2D eigenvalue weighted by molar-refractivity contribution is 5.69. The van der Waals surface area contributed by atoms with Crippen LogP contribution in [-0.4, -0.2) is 40.3 Å². The Morgan fingerprint density at radius 2 is 2.59 bits per heavy atom. The molecule has 0 aromatic carbocycles. The van der Waals surface area contributed by atoms with Crippen LogP contribution in [0, 0.1) is 0 Å². The maximum Gasteiger partial charge on any atom is 0.327 e. The second-order valence-corrected chi connectivity index (χ2v) is 3.93. The molecular formula is C10H16N4O3. The minimum atomic E-state index is -0.339. The molecule has 1 unspecified atom stereocenters. The van der Waals surface area contributed by atoms with Crippen molar-refractivity contribution in [1.82, 2.24) is 15.0 Å². The SMILES string of the molecule is NCc1cn(CC(=O)OCC2CCCO2)nn1. The van der Waals surface area contributed by atoms with Gasteiger partial charge in [-0.3, -0.25) is 4.79 Å². The molecule has 7 heteroatoms. The Morgan fingerprint density at radius 1 is 1.71 bits per heavy atom. The van der Waals surface area contributed by atoms with Gasteiger partial charge in [0.25, 0.3) is 0 Å². The summed E-state index contributed by atoms with van der Waals surface area (Å²) in [6.07, 6.45) is 3.67. The van der Waals surface area contributed by atoms with Crippen molar-refractivity contribution in [2.45, 2.75) is 32.0 Å². The van der Waals surface area contributed by atoms with Gasteiger partial charge in [-0.1, -0.05) is 5.21 Å². The Balaban J connectivity index is 1.72. The van der Waals surface area contributed by atoms with E-state index < -0.39 is 0 Å². The summed E-state index contributed by atoms with van der Waals surface area (Å²) in [5, 5.41) is 7.54. The number of rotatable bonds is 5. The first-order valence-corrected chi connectivity index (χ1v) is 5.64. The van der Waals surface area contributed by atoms with Gasteiger partial charge in [0, 0.05) is 13.2 Å². The van der Waals surface area contributed by atoms with E-state index in [4.69, 9.17) is 15.2 Å². The fraction of sp³-hybridized carbons (Fsp3) is 0.700. The summed E-state index contributed by atoms with van der Waals surface area (Å²) in [6, 6.07) is 0. The van der Waals surface area contributed by atoms with E-state index in [-0.39, 0.29) is 18.6 Å². The molecule has 17 heavy (non-hydrogen) atoms. The topological polar surface area (TPSA) is 92.3 Å². The normalized spacial score (nSPS) is 19.5. The summed E-state index contributed by atoms with van der Waals surface area (Å²) in [7, 11) is 0. The van der Waals surface area contributed by atoms with E-state index in [1.165, 1.54) is 4.68 Å². The first-order valence-electron chi connectivity index (χ1n) is 5.64. The zero-order chi connectivity index (χ0) is 12.1. The van der Waals surface area contributed by atoms with Crippen LogP contribution < -0.4 is 5.73 Å². The molecule has 1 atom stereocenters. The van der Waals surface area contributed by atoms with E-state index in [2.05, 4.69) is 10.3 Å². The van der Waals surface area contributed by atoms with Gasteiger partial charge in [-0.2, -0.15) is 0 Å². The number of aromatic nitrogens is 3. The molecule has 0 saturated carbocycles. The largest absolute Gasteiger partial charge is 0.462 e. The van der Waals surface area contributed by atoms with Crippen LogP contribution >= 0.6 is 0 Å². The van der Waals surface area contributed by atoms with Gasteiger partial charge in [-0.05, 0) is 12.8 Å². The van der Waals surface area contributed by atoms with E-state index in [1.54, 1.807) is 6.20 Å². The van der Waals surface area contributed by atoms with Crippen molar-refractivity contribution in [3.05, 3.63) is 11.9 Å². The molecule has 0 aliphatic carbocycles. The molecule has 2 N–H and O–H groups in total. The predicted octanol–water partition coefficient (Wildman–Crippen LogP) is -0.541. The van der Waals surface area contributed by atoms with E-state index in [9.17, 15) is 4.79 Å². The number of carbonyl (C=O) groups excluding carboxylic acids is 1. The van der Waals surface area contributed by atoms with Crippen LogP contribution in [0.3, 0.4) is 0 Å². The van der Waals surface area contributed by atoms with Gasteiger partial charge in [-0.15, -0.1) is 5.10 Å². The number of nitrogens with two attached hydrogens (primary N) is 1. The van der Waals surface area contributed by atoms with Gasteiger partial charge in [0.05, 0.1) is 18.0 Å². The molecule has 1 aliphatic rings. The number of hydrogen-bond donors (Lipinski definition) is 1. The minimum Gasteiger partial charge on any atom is -0.462 e. The maximum absolute atomic E-state index is 11.5. The Kier molecular flexibility index (Phi) is 4.05. The van der Waals surface area contributed by atoms with Crippen molar-refractivity contribution in [2.24, 2.45) is 5.73 Å². The summed E-state index contributed by atoms with van der Waals surface area (Å²) in [5.41, 5.74) is 6.04. The lowest BCUT2D eigenvalue weighted by Crippen LogP contribution is -2.21. The zero-order valence-electron chi connectivity index (χ0n) is 9.54. The summed E-state index contributed by atoms with van der Waals surface area (Å²) in [6.45, 7) is 1.44. The van der Waals surface area contributed by atoms with Crippen molar-refractivity contribution in [1.29, 1.82) is 0 Å². The summed E-state index contributed by atoms with van der Waals surface area (Å²) in [4.78, 5) is 11.5. The Labute approximate surface area is 98.9 Å². The summed E-state index contributed by atoms with van der Waals surface area (Å²) < 4.78 is 11.9. The fourth-order valence-electron chi connectivity index (χ4n) is 1.65. The third kappa shape index (κ3) is 3.50. The molecule has 1 aromatic heterocycles. The van der Waals surface area contributed by atoms with Crippen molar-refractivity contribution >= 4 is 5.97 Å². The first kappa shape index (κ1) is 12.0. The highest BCUT2D eigenvalue weighted by Crippen LogP contribution is 2.11. The van der Waals surface area contributed by atoms with Crippen LogP contribution in [0.25, 0.3) is 0 Å². The van der Waals surface area contributed by atoms with Crippen LogP contribution in [0.5, 0.6) is 0 Å². The number of nitrogens with zero attached hydrogens (tertiary/aromatic N) is 3. The standard InChI is InChI=1S/C10H16N4O3/c11-4-8-5-14(13-12-8)6-10(15)17-7-9-2-1-3-16-9/h5,9H,1-4,6-7,11H2. The second kappa shape index (κ2) is 5.74. The van der Waals surface area contributed by atoms with Crippen LogP contribution in [0.2, 0.25) is 0 Å². The monoisotopic (exact) mass is 240 g/mol. The number of esters is 1. The number of carbonyl (C=O) groups is 1.